The van der Waals surface area contributed by atoms with E-state index < -0.39 is 77.3 Å². The summed E-state index contributed by atoms with van der Waals surface area (Å²) in [5.41, 5.74) is -6.02. The lowest BCUT2D eigenvalue weighted by atomic mass is 9.82. The van der Waals surface area contributed by atoms with E-state index in [1.807, 2.05) is 6.07 Å². The highest BCUT2D eigenvalue weighted by atomic mass is 35.5. The van der Waals surface area contributed by atoms with Gasteiger partial charge in [0.05, 0.1) is 28.5 Å². The Labute approximate surface area is 283 Å². The number of aromatic amines is 1. The van der Waals surface area contributed by atoms with Crippen LogP contribution < -0.4 is 5.01 Å². The lowest BCUT2D eigenvalue weighted by Gasteiger charge is -2.29. The second-order valence-corrected chi connectivity index (χ2v) is 12.6. The maximum Gasteiger partial charge on any atom is 0.459 e. The summed E-state index contributed by atoms with van der Waals surface area (Å²) in [6, 6.07) is 5.96. The van der Waals surface area contributed by atoms with E-state index >= 15 is 0 Å². The van der Waals surface area contributed by atoms with Crippen LogP contribution in [0.2, 0.25) is 5.02 Å². The Morgan fingerprint density at radius 1 is 1.10 bits per heavy atom. The van der Waals surface area contributed by atoms with Crippen molar-refractivity contribution in [3.05, 3.63) is 51.8 Å². The van der Waals surface area contributed by atoms with Crippen LogP contribution in [0.4, 0.5) is 40.9 Å². The van der Waals surface area contributed by atoms with Crippen molar-refractivity contribution in [2.45, 2.75) is 62.3 Å². The highest BCUT2D eigenvalue weighted by molar-refractivity contribution is 6.34. The minimum Gasteiger partial charge on any atom is -0.481 e. The zero-order chi connectivity index (χ0) is 37.0. The number of aliphatic carboxylic acids is 1. The number of anilines is 1. The number of rotatable bonds is 9. The molecule has 0 unspecified atom stereocenters. The van der Waals surface area contributed by atoms with Gasteiger partial charge in [-0.3, -0.25) is 29.4 Å². The fourth-order valence-electron chi connectivity index (χ4n) is 5.93. The van der Waals surface area contributed by atoms with E-state index in [1.165, 1.54) is 25.2 Å². The van der Waals surface area contributed by atoms with Gasteiger partial charge in [0.15, 0.2) is 18.2 Å². The van der Waals surface area contributed by atoms with Gasteiger partial charge in [0.2, 0.25) is 0 Å². The lowest BCUT2D eigenvalue weighted by Crippen LogP contribution is -2.44. The summed E-state index contributed by atoms with van der Waals surface area (Å²) in [4.78, 5) is 39.0. The zero-order valence-electron chi connectivity index (χ0n) is 25.8. The smallest absolute Gasteiger partial charge is 0.459 e. The van der Waals surface area contributed by atoms with Gasteiger partial charge >= 0.3 is 30.2 Å². The Morgan fingerprint density at radius 2 is 1.72 bits per heavy atom. The largest absolute Gasteiger partial charge is 0.481 e. The van der Waals surface area contributed by atoms with E-state index in [1.54, 1.807) is 5.10 Å². The Balaban J connectivity index is 1.41. The van der Waals surface area contributed by atoms with Gasteiger partial charge < -0.3 is 9.84 Å². The standard InChI is InChI=1S/C30H27ClF8N6O5/c1-43-11-18(12-45(43)23-21(29(34,35)36)22(41-42-23)28(32,33)30(37,38)39)17-6-7-20(31)19(10-17)24(46)44(27(13-40)8-9-27)14-50-26(49)16-4-2-15(3-5-16)25(47)48/h6-7,10,12,15-16H,2-5,8-9,11,14H2,1H3,(H,41,42)(H,47,48)/t15-,16-. The van der Waals surface area contributed by atoms with Crippen molar-refractivity contribution in [2.75, 3.05) is 25.3 Å². The molecule has 11 nitrogen and oxygen atoms in total. The van der Waals surface area contributed by atoms with Crippen LogP contribution in [0.15, 0.2) is 24.4 Å². The Kier molecular flexibility index (Phi) is 9.60. The third kappa shape index (κ3) is 6.82. The molecule has 0 atom stereocenters. The maximum atomic E-state index is 14.1. The number of hydrazine groups is 1. The number of esters is 1. The Hall–Kier alpha value is -4.44. The molecule has 3 aliphatic rings. The van der Waals surface area contributed by atoms with Gasteiger partial charge in [-0.25, -0.2) is 5.01 Å². The fourth-order valence-corrected chi connectivity index (χ4v) is 6.13. The van der Waals surface area contributed by atoms with Gasteiger partial charge in [-0.15, -0.1) is 0 Å². The molecule has 0 radical (unpaired) electrons. The van der Waals surface area contributed by atoms with Crippen LogP contribution in [0.25, 0.3) is 5.57 Å². The predicted molar refractivity (Wildman–Crippen MR) is 156 cm³/mol. The van der Waals surface area contributed by atoms with Crippen molar-refractivity contribution in [1.29, 1.82) is 5.26 Å². The molecule has 2 saturated carbocycles. The van der Waals surface area contributed by atoms with Crippen LogP contribution in [0.3, 0.4) is 0 Å². The molecule has 20 heteroatoms. The van der Waals surface area contributed by atoms with Crippen LogP contribution >= 0.6 is 11.6 Å². The van der Waals surface area contributed by atoms with Crippen LogP contribution in [0.5, 0.6) is 0 Å². The fraction of sp³-hybridized carbons (Fsp3) is 0.500. The molecule has 270 valence electrons. The second-order valence-electron chi connectivity index (χ2n) is 12.2. The van der Waals surface area contributed by atoms with E-state index in [0.717, 1.165) is 16.1 Å². The first-order valence-electron chi connectivity index (χ1n) is 15.0. The third-order valence-corrected chi connectivity index (χ3v) is 9.29. The molecular weight excluding hydrogens is 712 g/mol. The number of ether oxygens (including phenoxy) is 1. The van der Waals surface area contributed by atoms with E-state index in [2.05, 4.69) is 5.10 Å². The van der Waals surface area contributed by atoms with Gasteiger partial charge in [0.1, 0.15) is 11.1 Å². The van der Waals surface area contributed by atoms with E-state index in [9.17, 15) is 59.9 Å². The number of carbonyl (C=O) groups excluding carboxylic acids is 2. The SMILES string of the molecule is CN1CC(c2ccc(Cl)c(C(=O)N(COC(=O)[C@H]3CC[C@H](C(=O)O)CC3)C3(C#N)CC3)c2)=CN1c1[nH]nc(C(F)(F)C(F)(F)F)c1C(F)(F)F. The number of carboxylic acid groups (broad SMARTS) is 1. The second kappa shape index (κ2) is 13.0. The number of halogens is 9. The topological polar surface area (TPSA) is 143 Å². The van der Waals surface area contributed by atoms with Crippen LogP contribution in [0.1, 0.15) is 65.7 Å². The molecule has 1 aromatic carbocycles. The van der Waals surface area contributed by atoms with E-state index in [0.29, 0.717) is 5.01 Å². The number of carboxylic acids is 1. The summed E-state index contributed by atoms with van der Waals surface area (Å²) < 4.78 is 115. The molecule has 2 heterocycles. The molecule has 1 aromatic heterocycles. The van der Waals surface area contributed by atoms with Crippen molar-refractivity contribution in [1.82, 2.24) is 20.1 Å². The van der Waals surface area contributed by atoms with Crippen LogP contribution in [-0.2, 0) is 26.4 Å². The van der Waals surface area contributed by atoms with Crippen LogP contribution in [0, 0.1) is 23.2 Å². The van der Waals surface area contributed by atoms with Crippen LogP contribution in [-0.4, -0.2) is 75.1 Å². The molecular formula is C30H27ClF8N6O5. The minimum absolute atomic E-state index is 0.105. The molecule has 0 bridgehead atoms. The number of aromatic nitrogens is 2. The predicted octanol–water partition coefficient (Wildman–Crippen LogP) is 6.33. The summed E-state index contributed by atoms with van der Waals surface area (Å²) >= 11 is 6.36. The number of carbonyl (C=O) groups is 3. The minimum atomic E-state index is -6.37. The average molecular weight is 739 g/mol. The van der Waals surface area contributed by atoms with Gasteiger partial charge in [-0.05, 0) is 61.8 Å². The number of likely N-dealkylation sites (N-methyl/N-ethyl adjacent to an activating group) is 1. The molecule has 50 heavy (non-hydrogen) atoms. The number of benzene rings is 1. The summed E-state index contributed by atoms with van der Waals surface area (Å²) in [7, 11) is 1.22. The van der Waals surface area contributed by atoms with Gasteiger partial charge in [0.25, 0.3) is 5.91 Å². The first-order chi connectivity index (χ1) is 23.2. The summed E-state index contributed by atoms with van der Waals surface area (Å²) in [5, 5.41) is 25.0. The first-order valence-corrected chi connectivity index (χ1v) is 15.3. The molecule has 2 aliphatic carbocycles. The van der Waals surface area contributed by atoms with Crippen molar-refractivity contribution >= 4 is 40.8 Å². The lowest BCUT2D eigenvalue weighted by molar-refractivity contribution is -0.292. The molecule has 0 spiro atoms. The number of alkyl halides is 8. The normalized spacial score (nSPS) is 21.0. The molecule has 5 rings (SSSR count). The van der Waals surface area contributed by atoms with Crippen molar-refractivity contribution in [2.24, 2.45) is 11.8 Å². The molecule has 1 amide bonds. The molecule has 2 aromatic rings. The third-order valence-electron chi connectivity index (χ3n) is 8.97. The highest BCUT2D eigenvalue weighted by Gasteiger charge is 2.64. The van der Waals surface area contributed by atoms with E-state index in [4.69, 9.17) is 16.3 Å². The molecule has 2 N–H and O–H groups in total. The van der Waals surface area contributed by atoms with Crippen molar-refractivity contribution < 1.29 is 59.4 Å². The van der Waals surface area contributed by atoms with Crippen molar-refractivity contribution in [3.8, 4) is 6.07 Å². The number of H-pyrrole nitrogens is 1. The number of hydrogen-bond donors (Lipinski definition) is 2. The average Bonchev–Trinajstić information content (AvgIpc) is 3.52. The van der Waals surface area contributed by atoms with Gasteiger partial charge in [-0.1, -0.05) is 17.7 Å². The number of amides is 1. The molecule has 1 aliphatic heterocycles. The number of nitrogens with one attached hydrogen (secondary N) is 1. The highest BCUT2D eigenvalue weighted by Crippen LogP contribution is 2.50. The first kappa shape index (κ1) is 36.8. The van der Waals surface area contributed by atoms with E-state index in [-0.39, 0.29) is 66.8 Å². The maximum absolute atomic E-state index is 14.1. The Bertz CT molecular complexity index is 1760. The summed E-state index contributed by atoms with van der Waals surface area (Å²) in [6.45, 7) is -0.848. The monoisotopic (exact) mass is 738 g/mol. The number of nitriles is 1. The number of nitrogens with zero attached hydrogens (tertiary/aromatic N) is 5. The molecule has 2 fully saturated rings. The Morgan fingerprint density at radius 3 is 2.26 bits per heavy atom. The van der Waals surface area contributed by atoms with Gasteiger partial charge in [0, 0.05) is 19.8 Å². The number of hydrogen-bond acceptors (Lipinski definition) is 8. The van der Waals surface area contributed by atoms with Gasteiger partial charge in [-0.2, -0.15) is 45.5 Å². The van der Waals surface area contributed by atoms with Crippen molar-refractivity contribution in [3.63, 3.8) is 0 Å². The summed E-state index contributed by atoms with van der Waals surface area (Å²) in [5.74, 6) is -10.8. The molecule has 0 saturated heterocycles. The zero-order valence-corrected chi connectivity index (χ0v) is 26.6. The summed E-state index contributed by atoms with van der Waals surface area (Å²) in [6.07, 6.45) is -9.48. The quantitative estimate of drug-likeness (QED) is 0.171.